The highest BCUT2D eigenvalue weighted by molar-refractivity contribution is 6.74. The van der Waals surface area contributed by atoms with Gasteiger partial charge in [-0.25, -0.2) is 0 Å². The Labute approximate surface area is 242 Å². The Kier molecular flexibility index (Phi) is 9.45. The van der Waals surface area contributed by atoms with Gasteiger partial charge < -0.3 is 18.6 Å². The first-order valence-electron chi connectivity index (χ1n) is 13.9. The molecule has 0 aliphatic heterocycles. The predicted octanol–water partition coefficient (Wildman–Crippen LogP) is 8.43. The van der Waals surface area contributed by atoms with Crippen LogP contribution in [0.2, 0.25) is 18.1 Å². The van der Waals surface area contributed by atoms with Gasteiger partial charge in [-0.15, -0.1) is 0 Å². The van der Waals surface area contributed by atoms with E-state index in [1.807, 2.05) is 13.8 Å². The quantitative estimate of drug-likeness (QED) is 0.149. The van der Waals surface area contributed by atoms with Crippen LogP contribution in [0.3, 0.4) is 0 Å². The Balaban J connectivity index is 2.18. The van der Waals surface area contributed by atoms with Crippen molar-refractivity contribution in [2.75, 3.05) is 14.2 Å². The maximum Gasteiger partial charge on any atom is 0.308 e. The molecule has 0 aliphatic carbocycles. The highest BCUT2D eigenvalue weighted by atomic mass is 28.4. The molecule has 0 atom stereocenters. The molecular weight excluding hydrogens is 516 g/mol. The number of hydrogen-bond donors (Lipinski definition) is 0. The maximum atomic E-state index is 11.6. The fourth-order valence-electron chi connectivity index (χ4n) is 4.99. The summed E-state index contributed by atoms with van der Waals surface area (Å²) in [5.74, 6) is 2.99. The summed E-state index contributed by atoms with van der Waals surface area (Å²) in [5, 5.41) is 0.0353. The number of methoxy groups -OCH3 is 2. The van der Waals surface area contributed by atoms with Crippen LogP contribution in [-0.4, -0.2) is 28.5 Å². The fourth-order valence-corrected chi connectivity index (χ4v) is 6.07. The lowest BCUT2D eigenvalue weighted by atomic mass is 9.94. The zero-order valence-corrected chi connectivity index (χ0v) is 27.4. The number of carbonyl (C=O) groups excluding carboxylic acids is 1. The van der Waals surface area contributed by atoms with E-state index in [1.165, 1.54) is 12.5 Å². The Morgan fingerprint density at radius 2 is 1.12 bits per heavy atom. The molecule has 0 radical (unpaired) electrons. The van der Waals surface area contributed by atoms with E-state index in [0.29, 0.717) is 18.6 Å². The number of benzene rings is 3. The molecule has 216 valence electrons. The highest BCUT2D eigenvalue weighted by Crippen LogP contribution is 2.42. The van der Waals surface area contributed by atoms with Gasteiger partial charge in [0.2, 0.25) is 0 Å². The second kappa shape index (κ2) is 12.1. The van der Waals surface area contributed by atoms with Crippen LogP contribution in [0.1, 0.15) is 72.2 Å². The van der Waals surface area contributed by atoms with E-state index in [1.54, 1.807) is 14.2 Å². The van der Waals surface area contributed by atoms with Gasteiger partial charge in [-0.05, 0) is 91.3 Å². The van der Waals surface area contributed by atoms with Crippen LogP contribution in [-0.2, 0) is 17.6 Å². The smallest absolute Gasteiger partial charge is 0.308 e. The highest BCUT2D eigenvalue weighted by Gasteiger charge is 2.40. The summed E-state index contributed by atoms with van der Waals surface area (Å²) >= 11 is 0. The van der Waals surface area contributed by atoms with Crippen LogP contribution in [0.4, 0.5) is 0 Å². The van der Waals surface area contributed by atoms with Crippen molar-refractivity contribution >= 4 is 14.3 Å². The molecule has 0 N–H and O–H groups in total. The molecule has 0 aromatic heterocycles. The average Bonchev–Trinajstić information content (AvgIpc) is 2.82. The van der Waals surface area contributed by atoms with Crippen LogP contribution < -0.4 is 18.6 Å². The first-order valence-corrected chi connectivity index (χ1v) is 16.8. The minimum atomic E-state index is -2.17. The standard InChI is InChI=1S/C34H46O5Si/c1-21-13-26(14-22(2)31(21)37-10)17-28-19-30(36-9)20-29(33(28)39-40(11,12)34(6,7)8)18-27-15-23(3)32(24(4)16-27)38-25(5)35/h13-16,19-20H,17-18H2,1-12H3. The third-order valence-electron chi connectivity index (χ3n) is 7.89. The van der Waals surface area contributed by atoms with Gasteiger partial charge >= 0.3 is 5.97 Å². The van der Waals surface area contributed by atoms with Crippen molar-refractivity contribution in [3.8, 4) is 23.0 Å². The minimum absolute atomic E-state index is 0.0353. The molecule has 6 heteroatoms. The van der Waals surface area contributed by atoms with Gasteiger partial charge in [0, 0.05) is 30.9 Å². The summed E-state index contributed by atoms with van der Waals surface area (Å²) in [6.07, 6.45) is 1.38. The Morgan fingerprint density at radius 1 is 0.700 bits per heavy atom. The number of hydrogen-bond acceptors (Lipinski definition) is 5. The molecule has 0 fully saturated rings. The maximum absolute atomic E-state index is 11.6. The molecule has 0 saturated heterocycles. The molecule has 40 heavy (non-hydrogen) atoms. The van der Waals surface area contributed by atoms with E-state index in [0.717, 1.165) is 56.2 Å². The first-order chi connectivity index (χ1) is 18.6. The summed E-state index contributed by atoms with van der Waals surface area (Å²) in [7, 11) is 1.25. The third-order valence-corrected chi connectivity index (χ3v) is 12.2. The van der Waals surface area contributed by atoms with Crippen LogP contribution in [0.5, 0.6) is 23.0 Å². The number of rotatable bonds is 9. The molecule has 3 aromatic carbocycles. The number of ether oxygens (including phenoxy) is 3. The molecule has 0 spiro atoms. The zero-order valence-electron chi connectivity index (χ0n) is 26.4. The van der Waals surface area contributed by atoms with E-state index in [4.69, 9.17) is 18.6 Å². The Hall–Kier alpha value is -3.25. The molecule has 0 heterocycles. The summed E-state index contributed by atoms with van der Waals surface area (Å²) in [5.41, 5.74) is 8.62. The molecule has 0 unspecified atom stereocenters. The minimum Gasteiger partial charge on any atom is -0.543 e. The predicted molar refractivity (Wildman–Crippen MR) is 166 cm³/mol. The first kappa shape index (κ1) is 31.3. The summed E-state index contributed by atoms with van der Waals surface area (Å²) in [6.45, 7) is 20.9. The van der Waals surface area contributed by atoms with Crippen LogP contribution in [0, 0.1) is 27.7 Å². The number of esters is 1. The monoisotopic (exact) mass is 562 g/mol. The summed E-state index contributed by atoms with van der Waals surface area (Å²) < 4.78 is 24.0. The van der Waals surface area contributed by atoms with Gasteiger partial charge in [-0.2, -0.15) is 0 Å². The SMILES string of the molecule is COc1cc(Cc2cc(C)c(OC)c(C)c2)c(O[Si](C)(C)C(C)(C)C)c(Cc2cc(C)c(OC(C)=O)c(C)c2)c1. The van der Waals surface area contributed by atoms with Crippen molar-refractivity contribution in [1.29, 1.82) is 0 Å². The van der Waals surface area contributed by atoms with Crippen molar-refractivity contribution < 1.29 is 23.4 Å². The third kappa shape index (κ3) is 7.08. The molecule has 0 aliphatic rings. The van der Waals surface area contributed by atoms with E-state index in [-0.39, 0.29) is 11.0 Å². The molecule has 0 amide bonds. The van der Waals surface area contributed by atoms with Gasteiger partial charge in [0.15, 0.2) is 0 Å². The second-order valence-electron chi connectivity index (χ2n) is 12.4. The molecule has 5 nitrogen and oxygen atoms in total. The largest absolute Gasteiger partial charge is 0.543 e. The topological polar surface area (TPSA) is 54.0 Å². The van der Waals surface area contributed by atoms with E-state index >= 15 is 0 Å². The number of carbonyl (C=O) groups is 1. The van der Waals surface area contributed by atoms with Gasteiger partial charge in [0.05, 0.1) is 14.2 Å². The van der Waals surface area contributed by atoms with E-state index in [9.17, 15) is 4.79 Å². The van der Waals surface area contributed by atoms with Gasteiger partial charge in [0.1, 0.15) is 23.0 Å². The van der Waals surface area contributed by atoms with Crippen molar-refractivity contribution in [2.45, 2.75) is 86.4 Å². The summed E-state index contributed by atoms with van der Waals surface area (Å²) in [6, 6.07) is 12.8. The zero-order chi connectivity index (χ0) is 30.0. The fraction of sp³-hybridized carbons (Fsp3) is 0.441. The van der Waals surface area contributed by atoms with Crippen molar-refractivity contribution in [3.05, 3.63) is 80.9 Å². The summed E-state index contributed by atoms with van der Waals surface area (Å²) in [4.78, 5) is 11.6. The molecule has 0 saturated carbocycles. The van der Waals surface area contributed by atoms with Crippen LogP contribution in [0.15, 0.2) is 36.4 Å². The van der Waals surface area contributed by atoms with Crippen molar-refractivity contribution in [3.63, 3.8) is 0 Å². The normalized spacial score (nSPS) is 11.8. The van der Waals surface area contributed by atoms with Gasteiger partial charge in [0.25, 0.3) is 8.32 Å². The van der Waals surface area contributed by atoms with Crippen LogP contribution in [0.25, 0.3) is 0 Å². The van der Waals surface area contributed by atoms with Crippen molar-refractivity contribution in [2.24, 2.45) is 0 Å². The molecule has 0 bridgehead atoms. The molecular formula is C34H46O5Si. The van der Waals surface area contributed by atoms with Crippen molar-refractivity contribution in [1.82, 2.24) is 0 Å². The lowest BCUT2D eigenvalue weighted by molar-refractivity contribution is -0.131. The lowest BCUT2D eigenvalue weighted by Crippen LogP contribution is -2.44. The Morgan fingerprint density at radius 3 is 1.48 bits per heavy atom. The van der Waals surface area contributed by atoms with E-state index < -0.39 is 8.32 Å². The Bertz CT molecular complexity index is 1350. The van der Waals surface area contributed by atoms with Gasteiger partial charge in [-0.1, -0.05) is 45.0 Å². The lowest BCUT2D eigenvalue weighted by Gasteiger charge is -2.38. The molecule has 3 rings (SSSR count). The number of aryl methyl sites for hydroxylation is 4. The van der Waals surface area contributed by atoms with Gasteiger partial charge in [-0.3, -0.25) is 4.79 Å². The second-order valence-corrected chi connectivity index (χ2v) is 17.1. The van der Waals surface area contributed by atoms with E-state index in [2.05, 4.69) is 84.1 Å². The average molecular weight is 563 g/mol. The van der Waals surface area contributed by atoms with Crippen LogP contribution >= 0.6 is 0 Å². The molecule has 3 aromatic rings.